The van der Waals surface area contributed by atoms with E-state index in [-0.39, 0.29) is 63.4 Å². The largest absolute Gasteiger partial charge is 0.416 e. The molecule has 2 aromatic heterocycles. The maximum Gasteiger partial charge on any atom is 0.416 e. The molecule has 6 aromatic rings. The molecule has 4 heterocycles. The van der Waals surface area contributed by atoms with Crippen molar-refractivity contribution in [1.29, 1.82) is 0 Å². The monoisotopic (exact) mass is 1130 g/mol. The molecule has 0 saturated carbocycles. The highest BCUT2D eigenvalue weighted by molar-refractivity contribution is 7.13. The van der Waals surface area contributed by atoms with E-state index in [0.29, 0.717) is 49.5 Å². The van der Waals surface area contributed by atoms with Gasteiger partial charge in [0.05, 0.1) is 71.8 Å². The number of hydrogen-bond donors (Lipinski definition) is 5. The lowest BCUT2D eigenvalue weighted by Gasteiger charge is -2.35. The van der Waals surface area contributed by atoms with Gasteiger partial charge in [-0.15, -0.1) is 11.3 Å². The molecule has 2 fully saturated rings. The van der Waals surface area contributed by atoms with E-state index < -0.39 is 53.1 Å². The number of aliphatic hydroxyl groups is 2. The summed E-state index contributed by atoms with van der Waals surface area (Å²) >= 11 is 1.56. The fraction of sp³-hybridized carbons (Fsp3) is 0.448. The Bertz CT molecular complexity index is 3050. The minimum absolute atomic E-state index is 0.0105. The van der Waals surface area contributed by atoms with Gasteiger partial charge in [0, 0.05) is 76.6 Å². The van der Waals surface area contributed by atoms with Gasteiger partial charge in [-0.1, -0.05) is 69.3 Å². The molecule has 1 unspecified atom stereocenters. The van der Waals surface area contributed by atoms with Gasteiger partial charge in [0.1, 0.15) is 18.7 Å². The van der Waals surface area contributed by atoms with E-state index in [9.17, 15) is 42.6 Å². The maximum absolute atomic E-state index is 14.0. The summed E-state index contributed by atoms with van der Waals surface area (Å²) in [5.74, 6) is -1.91. The molecule has 80 heavy (non-hydrogen) atoms. The summed E-state index contributed by atoms with van der Waals surface area (Å²) in [6, 6.07) is 23.5. The van der Waals surface area contributed by atoms with Crippen LogP contribution in [0.4, 0.5) is 19.1 Å². The number of hydrogen-bond acceptors (Lipinski definition) is 14. The fourth-order valence-electron chi connectivity index (χ4n) is 9.73. The normalized spacial score (nSPS) is 16.7. The summed E-state index contributed by atoms with van der Waals surface area (Å²) in [5.41, 5.74) is 6.79. The second kappa shape index (κ2) is 27.2. The van der Waals surface area contributed by atoms with Gasteiger partial charge >= 0.3 is 6.18 Å². The third-order valence-corrected chi connectivity index (χ3v) is 15.1. The van der Waals surface area contributed by atoms with Crippen LogP contribution in [0.5, 0.6) is 0 Å². The van der Waals surface area contributed by atoms with Crippen molar-refractivity contribution < 1.29 is 56.8 Å². The Hall–Kier alpha value is -6.63. The number of imidazole rings is 1. The molecule has 428 valence electrons. The van der Waals surface area contributed by atoms with E-state index in [4.69, 9.17) is 19.2 Å². The number of likely N-dealkylation sites (tertiary alicyclic amines) is 1. The van der Waals surface area contributed by atoms with Gasteiger partial charge in [-0.25, -0.2) is 9.97 Å². The highest BCUT2D eigenvalue weighted by atomic mass is 32.1. The summed E-state index contributed by atoms with van der Waals surface area (Å²) < 4.78 is 59.3. The van der Waals surface area contributed by atoms with E-state index in [1.165, 1.54) is 17.0 Å². The van der Waals surface area contributed by atoms with Crippen LogP contribution in [0, 0.1) is 12.3 Å². The first-order valence-electron chi connectivity index (χ1n) is 26.8. The standard InChI is InChI=1S/C58H70F3N9O9S/c1-38-51(80-37-63-38)42-13-8-40(9-14-42)33-62-54(75)49-32-46(72)35-69(49)55(76)52(57(2,3)4)65-50(73)36-79-29-28-78-27-26-77-25-23-67-19-21-68(22-20-67)34-41-12-17-48-47(30-41)64-56(70(48)45-15-10-39(11-16-45)18-24-71)66-53(74)43-6-5-7-44(31-43)58(59,60)61/h5-17,30-31,37,46,49,52,71-72H,18-29,32-36H2,1-4H3,(H,62,75)(H,65,73)(H,64,66,74)/t46-,49+,52?/m1/s1. The van der Waals surface area contributed by atoms with E-state index >= 15 is 0 Å². The van der Waals surface area contributed by atoms with Gasteiger partial charge in [-0.2, -0.15) is 13.2 Å². The van der Waals surface area contributed by atoms with Crippen LogP contribution in [0.25, 0.3) is 27.2 Å². The molecule has 2 aliphatic heterocycles. The minimum Gasteiger partial charge on any atom is -0.396 e. The Labute approximate surface area is 467 Å². The number of aliphatic hydroxyl groups excluding tert-OH is 2. The molecule has 0 aliphatic carbocycles. The number of β-amino-alcohol motifs (C(OH)–C–C–N with tert-alkyl or cyclic N) is 1. The SMILES string of the molecule is Cc1ncsc1-c1ccc(CNC(=O)[C@@H]2C[C@@H](O)CN2C(=O)C(NC(=O)COCCOCCOCCN2CCN(Cc3ccc4c(c3)nc(NC(=O)c3cccc(C(F)(F)F)c3)n4-c3ccc(CCO)cc3)CC2)C(C)(C)C)cc1. The maximum atomic E-state index is 14.0. The molecule has 2 saturated heterocycles. The van der Waals surface area contributed by atoms with Crippen molar-refractivity contribution in [3.05, 3.63) is 130 Å². The predicted molar refractivity (Wildman–Crippen MR) is 297 cm³/mol. The molecule has 0 radical (unpaired) electrons. The number of thiazole rings is 1. The number of benzene rings is 4. The van der Waals surface area contributed by atoms with Crippen molar-refractivity contribution in [2.45, 2.75) is 78.0 Å². The quantitative estimate of drug-likeness (QED) is 0.0426. The Morgan fingerprint density at radius 3 is 2.17 bits per heavy atom. The van der Waals surface area contributed by atoms with Gasteiger partial charge in [-0.3, -0.25) is 38.9 Å². The van der Waals surface area contributed by atoms with Crippen LogP contribution < -0.4 is 16.0 Å². The number of halogens is 3. The molecule has 5 N–H and O–H groups in total. The minimum atomic E-state index is -4.61. The number of fused-ring (bicyclic) bond motifs is 1. The van der Waals surface area contributed by atoms with Crippen LogP contribution in [0.15, 0.2) is 96.5 Å². The second-order valence-corrected chi connectivity index (χ2v) is 22.0. The summed E-state index contributed by atoms with van der Waals surface area (Å²) in [6.07, 6.45) is -4.94. The Kier molecular flexibility index (Phi) is 20.2. The van der Waals surface area contributed by atoms with Crippen LogP contribution in [-0.2, 0) is 54.3 Å². The van der Waals surface area contributed by atoms with Crippen LogP contribution in [-0.4, -0.2) is 167 Å². The summed E-state index contributed by atoms with van der Waals surface area (Å²) in [6.45, 7) is 13.7. The summed E-state index contributed by atoms with van der Waals surface area (Å²) in [4.78, 5) is 70.1. The smallest absolute Gasteiger partial charge is 0.396 e. The average Bonchev–Trinajstić information content (AvgIpc) is 4.16. The molecular weight excluding hydrogens is 1060 g/mol. The van der Waals surface area contributed by atoms with Crippen molar-refractivity contribution >= 4 is 51.9 Å². The first kappa shape index (κ1) is 59.5. The third kappa shape index (κ3) is 15.8. The first-order valence-corrected chi connectivity index (χ1v) is 27.7. The molecule has 4 amide bonds. The molecule has 0 bridgehead atoms. The zero-order chi connectivity index (χ0) is 57.0. The molecular formula is C58H70F3N9O9S. The van der Waals surface area contributed by atoms with Crippen molar-refractivity contribution in [3.63, 3.8) is 0 Å². The van der Waals surface area contributed by atoms with E-state index in [1.54, 1.807) is 21.4 Å². The topological polar surface area (TPSA) is 213 Å². The van der Waals surface area contributed by atoms with Crippen molar-refractivity contribution in [2.75, 3.05) is 90.8 Å². The van der Waals surface area contributed by atoms with Crippen LogP contribution >= 0.6 is 11.3 Å². The fourth-order valence-corrected chi connectivity index (χ4v) is 10.5. The van der Waals surface area contributed by atoms with Crippen molar-refractivity contribution in [2.24, 2.45) is 5.41 Å². The Balaban J connectivity index is 0.717. The van der Waals surface area contributed by atoms with Crippen molar-refractivity contribution in [3.8, 4) is 16.1 Å². The molecule has 2 aliphatic rings. The lowest BCUT2D eigenvalue weighted by molar-refractivity contribution is -0.144. The van der Waals surface area contributed by atoms with E-state index in [1.807, 2.05) is 94.4 Å². The molecule has 4 aromatic carbocycles. The van der Waals surface area contributed by atoms with Crippen LogP contribution in [0.3, 0.4) is 0 Å². The lowest BCUT2D eigenvalue weighted by Crippen LogP contribution is -2.58. The number of nitrogens with one attached hydrogen (secondary N) is 3. The number of amides is 4. The van der Waals surface area contributed by atoms with Gasteiger partial charge in [-0.05, 0) is 83.5 Å². The van der Waals surface area contributed by atoms with Gasteiger partial charge in [0.2, 0.25) is 23.7 Å². The Morgan fingerprint density at radius 1 is 0.825 bits per heavy atom. The zero-order valence-corrected chi connectivity index (χ0v) is 46.3. The molecule has 8 rings (SSSR count). The number of nitrogens with zero attached hydrogens (tertiary/aromatic N) is 6. The Morgan fingerprint density at radius 2 is 1.50 bits per heavy atom. The summed E-state index contributed by atoms with van der Waals surface area (Å²) in [7, 11) is 0. The average molecular weight is 1130 g/mol. The number of carbonyl (C=O) groups is 4. The summed E-state index contributed by atoms with van der Waals surface area (Å²) in [5, 5.41) is 28.5. The van der Waals surface area contributed by atoms with Crippen LogP contribution in [0.2, 0.25) is 0 Å². The second-order valence-electron chi connectivity index (χ2n) is 21.1. The molecule has 3 atom stereocenters. The first-order chi connectivity index (χ1) is 38.3. The number of aryl methyl sites for hydroxylation is 1. The molecule has 22 heteroatoms. The predicted octanol–water partition coefficient (Wildman–Crippen LogP) is 6.24. The van der Waals surface area contributed by atoms with E-state index in [0.717, 1.165) is 77.7 Å². The number of piperazine rings is 1. The van der Waals surface area contributed by atoms with Crippen LogP contribution in [0.1, 0.15) is 65.5 Å². The van der Waals surface area contributed by atoms with Gasteiger partial charge < -0.3 is 40.0 Å². The zero-order valence-electron chi connectivity index (χ0n) is 45.5. The van der Waals surface area contributed by atoms with Gasteiger partial charge in [0.25, 0.3) is 5.91 Å². The lowest BCUT2D eigenvalue weighted by atomic mass is 9.85. The number of alkyl halides is 3. The van der Waals surface area contributed by atoms with E-state index in [2.05, 4.69) is 30.7 Å². The molecule has 18 nitrogen and oxygen atoms in total. The van der Waals surface area contributed by atoms with Crippen molar-refractivity contribution in [1.82, 2.24) is 39.9 Å². The number of aromatic nitrogens is 3. The number of carbonyl (C=O) groups excluding carboxylic acids is 4. The highest BCUT2D eigenvalue weighted by Crippen LogP contribution is 2.32. The third-order valence-electron chi connectivity index (χ3n) is 14.1. The number of rotatable bonds is 24. The van der Waals surface area contributed by atoms with Gasteiger partial charge in [0.15, 0.2) is 0 Å². The highest BCUT2D eigenvalue weighted by Gasteiger charge is 2.44. The number of anilines is 1. The number of ether oxygens (including phenoxy) is 3. The molecule has 0 spiro atoms.